The maximum absolute atomic E-state index is 13.5. The fourth-order valence-electron chi connectivity index (χ4n) is 6.20. The van der Waals surface area contributed by atoms with Gasteiger partial charge in [0.15, 0.2) is 5.69 Å². The Hall–Kier alpha value is -2.25. The van der Waals surface area contributed by atoms with E-state index in [-0.39, 0.29) is 17.9 Å². The second-order valence-electron chi connectivity index (χ2n) is 10.8. The topological polar surface area (TPSA) is 70.5 Å². The molecule has 0 saturated carbocycles. The van der Waals surface area contributed by atoms with Gasteiger partial charge in [0.1, 0.15) is 0 Å². The number of carbonyl (C=O) groups is 2. The van der Waals surface area contributed by atoms with Crippen LogP contribution in [0.25, 0.3) is 0 Å². The van der Waals surface area contributed by atoms with Crippen LogP contribution in [0, 0.1) is 5.92 Å². The number of benzene rings is 1. The largest absolute Gasteiger partial charge is 0.370 e. The maximum atomic E-state index is 13.5. The van der Waals surface area contributed by atoms with Crippen LogP contribution < -0.4 is 10.2 Å². The third kappa shape index (κ3) is 5.93. The van der Waals surface area contributed by atoms with E-state index >= 15 is 0 Å². The van der Waals surface area contributed by atoms with Crippen molar-refractivity contribution in [3.63, 3.8) is 0 Å². The summed E-state index contributed by atoms with van der Waals surface area (Å²) >= 11 is 12.7. The molecule has 0 radical (unpaired) electrons. The lowest BCUT2D eigenvalue weighted by atomic mass is 9.92. The Kier molecular flexibility index (Phi) is 8.30. The normalized spacial score (nSPS) is 19.1. The highest BCUT2D eigenvalue weighted by Crippen LogP contribution is 2.35. The highest BCUT2D eigenvalue weighted by Gasteiger charge is 2.31. The van der Waals surface area contributed by atoms with Crippen molar-refractivity contribution in [1.82, 2.24) is 20.0 Å². The van der Waals surface area contributed by atoms with Gasteiger partial charge < -0.3 is 15.1 Å². The number of halogens is 2. The predicted octanol–water partition coefficient (Wildman–Crippen LogP) is 5.12. The quantitative estimate of drug-likeness (QED) is 0.547. The molecule has 200 valence electrons. The molecule has 37 heavy (non-hydrogen) atoms. The number of amides is 2. The van der Waals surface area contributed by atoms with E-state index in [9.17, 15) is 9.59 Å². The minimum atomic E-state index is -0.00322. The van der Waals surface area contributed by atoms with E-state index in [1.807, 2.05) is 23.1 Å². The summed E-state index contributed by atoms with van der Waals surface area (Å²) in [5.41, 5.74) is 4.13. The minimum Gasteiger partial charge on any atom is -0.370 e. The van der Waals surface area contributed by atoms with Gasteiger partial charge >= 0.3 is 0 Å². The molecule has 0 unspecified atom stereocenters. The fraction of sp³-hybridized carbons (Fsp3) is 0.607. The first-order valence-corrected chi connectivity index (χ1v) is 14.5. The van der Waals surface area contributed by atoms with Gasteiger partial charge in [0.05, 0.1) is 15.7 Å². The van der Waals surface area contributed by atoms with Crippen LogP contribution in [0.1, 0.15) is 73.6 Å². The van der Waals surface area contributed by atoms with Crippen LogP contribution in [-0.4, -0.2) is 58.7 Å². The Morgan fingerprint density at radius 2 is 1.76 bits per heavy atom. The summed E-state index contributed by atoms with van der Waals surface area (Å²) in [4.78, 5) is 29.1. The molecule has 5 rings (SSSR count). The van der Waals surface area contributed by atoms with Crippen LogP contribution in [-0.2, 0) is 24.2 Å². The van der Waals surface area contributed by atoms with Crippen LogP contribution in [0.15, 0.2) is 18.2 Å². The Bertz CT molecular complexity index is 1130. The SMILES string of the molecule is CC(=O)NC1CCN(C(=O)c2nn(CCC3CCN(c4cccc(Cl)c4Cl)CC3)c3c2CCCC3)CC1. The molecule has 1 aromatic heterocycles. The van der Waals surface area contributed by atoms with E-state index in [0.717, 1.165) is 83.1 Å². The first-order valence-electron chi connectivity index (χ1n) is 13.7. The Labute approximate surface area is 229 Å². The first kappa shape index (κ1) is 26.4. The molecule has 2 aromatic rings. The van der Waals surface area contributed by atoms with Crippen molar-refractivity contribution in [3.8, 4) is 0 Å². The van der Waals surface area contributed by atoms with Gasteiger partial charge in [-0.05, 0) is 75.8 Å². The molecular weight excluding hydrogens is 509 g/mol. The minimum absolute atomic E-state index is 0.00322. The van der Waals surface area contributed by atoms with Gasteiger partial charge in [0.25, 0.3) is 5.91 Å². The molecule has 0 bridgehead atoms. The number of aromatic nitrogens is 2. The number of hydrogen-bond acceptors (Lipinski definition) is 4. The van der Waals surface area contributed by atoms with Crippen LogP contribution in [0.5, 0.6) is 0 Å². The molecule has 3 heterocycles. The fourth-order valence-corrected chi connectivity index (χ4v) is 6.61. The zero-order valence-corrected chi connectivity index (χ0v) is 23.2. The molecule has 1 N–H and O–H groups in total. The van der Waals surface area contributed by atoms with Crippen molar-refractivity contribution in [2.75, 3.05) is 31.1 Å². The number of likely N-dealkylation sites (tertiary alicyclic amines) is 1. The van der Waals surface area contributed by atoms with Crippen LogP contribution >= 0.6 is 23.2 Å². The zero-order valence-electron chi connectivity index (χ0n) is 21.6. The Morgan fingerprint density at radius 3 is 2.49 bits per heavy atom. The summed E-state index contributed by atoms with van der Waals surface area (Å²) in [6, 6.07) is 6.00. The van der Waals surface area contributed by atoms with E-state index in [1.54, 1.807) is 6.92 Å². The lowest BCUT2D eigenvalue weighted by Gasteiger charge is -2.34. The van der Waals surface area contributed by atoms with Crippen molar-refractivity contribution in [3.05, 3.63) is 45.2 Å². The summed E-state index contributed by atoms with van der Waals surface area (Å²) in [6.45, 7) is 5.69. The molecule has 0 spiro atoms. The van der Waals surface area contributed by atoms with Crippen molar-refractivity contribution in [2.24, 2.45) is 5.92 Å². The molecule has 9 heteroatoms. The highest BCUT2D eigenvalue weighted by atomic mass is 35.5. The zero-order chi connectivity index (χ0) is 25.9. The Balaban J connectivity index is 1.20. The van der Waals surface area contributed by atoms with Gasteiger partial charge in [-0.25, -0.2) is 0 Å². The average molecular weight is 547 g/mol. The lowest BCUT2D eigenvalue weighted by Crippen LogP contribution is -2.46. The van der Waals surface area contributed by atoms with Crippen molar-refractivity contribution in [2.45, 2.75) is 77.3 Å². The molecule has 1 aromatic carbocycles. The molecular formula is C28H37Cl2N5O2. The maximum Gasteiger partial charge on any atom is 0.274 e. The number of anilines is 1. The summed E-state index contributed by atoms with van der Waals surface area (Å²) in [7, 11) is 0. The molecule has 2 amide bonds. The monoisotopic (exact) mass is 545 g/mol. The third-order valence-corrected chi connectivity index (χ3v) is 9.09. The number of carbonyl (C=O) groups excluding carboxylic acids is 2. The van der Waals surface area contributed by atoms with Gasteiger partial charge in [-0.15, -0.1) is 0 Å². The molecule has 2 fully saturated rings. The highest BCUT2D eigenvalue weighted by molar-refractivity contribution is 6.43. The second kappa shape index (κ2) is 11.6. The number of aryl methyl sites for hydroxylation is 1. The standard InChI is InChI=1S/C28H37Cl2N5O2/c1-19(36)31-21-12-16-34(17-13-21)28(37)27-22-5-2-3-7-24(22)35(32-27)18-11-20-9-14-33(15-10-20)25-8-4-6-23(29)26(25)30/h4,6,8,20-21H,2-3,5,7,9-18H2,1H3,(H,31,36). The second-order valence-corrected chi connectivity index (χ2v) is 11.5. The average Bonchev–Trinajstić information content (AvgIpc) is 3.28. The number of piperidine rings is 2. The van der Waals surface area contributed by atoms with E-state index in [2.05, 4.69) is 14.9 Å². The third-order valence-electron chi connectivity index (χ3n) is 8.28. The van der Waals surface area contributed by atoms with Crippen molar-refractivity contribution >= 4 is 40.7 Å². The lowest BCUT2D eigenvalue weighted by molar-refractivity contribution is -0.119. The van der Waals surface area contributed by atoms with Crippen LogP contribution in [0.2, 0.25) is 10.0 Å². The molecule has 1 aliphatic carbocycles. The summed E-state index contributed by atoms with van der Waals surface area (Å²) < 4.78 is 2.14. The smallest absolute Gasteiger partial charge is 0.274 e. The van der Waals surface area contributed by atoms with Gasteiger partial charge in [-0.1, -0.05) is 29.3 Å². The summed E-state index contributed by atoms with van der Waals surface area (Å²) in [5.74, 6) is 0.686. The van der Waals surface area contributed by atoms with Gasteiger partial charge in [-0.2, -0.15) is 5.10 Å². The van der Waals surface area contributed by atoms with Crippen LogP contribution in [0.3, 0.4) is 0 Å². The number of nitrogens with zero attached hydrogens (tertiary/aromatic N) is 4. The molecule has 0 atom stereocenters. The number of rotatable bonds is 6. The molecule has 3 aliphatic rings. The van der Waals surface area contributed by atoms with E-state index in [0.29, 0.717) is 34.7 Å². The van der Waals surface area contributed by atoms with E-state index in [4.69, 9.17) is 28.3 Å². The summed E-state index contributed by atoms with van der Waals surface area (Å²) in [6.07, 6.45) is 9.12. The first-order chi connectivity index (χ1) is 17.9. The summed E-state index contributed by atoms with van der Waals surface area (Å²) in [5, 5.41) is 9.15. The van der Waals surface area contributed by atoms with Crippen molar-refractivity contribution < 1.29 is 9.59 Å². The van der Waals surface area contributed by atoms with Gasteiger partial charge in [0, 0.05) is 56.9 Å². The number of nitrogens with one attached hydrogen (secondary N) is 1. The molecule has 2 aliphatic heterocycles. The number of fused-ring (bicyclic) bond motifs is 1. The van der Waals surface area contributed by atoms with Crippen LogP contribution in [0.4, 0.5) is 5.69 Å². The van der Waals surface area contributed by atoms with Gasteiger partial charge in [-0.3, -0.25) is 14.3 Å². The Morgan fingerprint density at radius 1 is 1.03 bits per heavy atom. The number of hydrogen-bond donors (Lipinski definition) is 1. The predicted molar refractivity (Wildman–Crippen MR) is 148 cm³/mol. The van der Waals surface area contributed by atoms with E-state index in [1.165, 1.54) is 11.3 Å². The molecule has 2 saturated heterocycles. The molecule has 7 nitrogen and oxygen atoms in total. The van der Waals surface area contributed by atoms with Gasteiger partial charge in [0.2, 0.25) is 5.91 Å². The van der Waals surface area contributed by atoms with Crippen molar-refractivity contribution in [1.29, 1.82) is 0 Å². The van der Waals surface area contributed by atoms with E-state index < -0.39 is 0 Å².